The van der Waals surface area contributed by atoms with E-state index < -0.39 is 0 Å². The molecule has 4 heterocycles. The van der Waals surface area contributed by atoms with Crippen molar-refractivity contribution in [3.8, 4) is 17.3 Å². The minimum atomic E-state index is -0.387. The van der Waals surface area contributed by atoms with E-state index in [-0.39, 0.29) is 5.82 Å². The Labute approximate surface area is 191 Å². The maximum absolute atomic E-state index is 15.2. The van der Waals surface area contributed by atoms with E-state index in [1.54, 1.807) is 30.7 Å². The second-order valence-corrected chi connectivity index (χ2v) is 8.41. The molecule has 6 nitrogen and oxygen atoms in total. The summed E-state index contributed by atoms with van der Waals surface area (Å²) in [5.41, 5.74) is 5.26. The third-order valence-corrected chi connectivity index (χ3v) is 6.20. The highest BCUT2D eigenvalue weighted by molar-refractivity contribution is 5.77. The van der Waals surface area contributed by atoms with E-state index in [9.17, 15) is 0 Å². The lowest BCUT2D eigenvalue weighted by Gasteiger charge is -2.11. The molecule has 1 fully saturated rings. The van der Waals surface area contributed by atoms with Crippen LogP contribution in [0.3, 0.4) is 0 Å². The molecule has 33 heavy (non-hydrogen) atoms. The summed E-state index contributed by atoms with van der Waals surface area (Å²) in [4.78, 5) is 10.8. The van der Waals surface area contributed by atoms with Crippen LogP contribution in [0.1, 0.15) is 29.0 Å². The van der Waals surface area contributed by atoms with Crippen LogP contribution in [0.4, 0.5) is 10.2 Å². The molecule has 1 N–H and O–H groups in total. The number of rotatable bonds is 5. The average Bonchev–Trinajstić information content (AvgIpc) is 3.42. The minimum Gasteiger partial charge on any atom is -0.340 e. The van der Waals surface area contributed by atoms with Crippen molar-refractivity contribution in [1.82, 2.24) is 19.3 Å². The van der Waals surface area contributed by atoms with Gasteiger partial charge in [0.1, 0.15) is 11.6 Å². The van der Waals surface area contributed by atoms with Gasteiger partial charge < -0.3 is 14.6 Å². The first kappa shape index (κ1) is 20.9. The van der Waals surface area contributed by atoms with Crippen molar-refractivity contribution >= 4 is 17.0 Å². The summed E-state index contributed by atoms with van der Waals surface area (Å²) in [7, 11) is 2.14. The molecule has 7 heteroatoms. The lowest BCUT2D eigenvalue weighted by Crippen LogP contribution is -2.13. The van der Waals surface area contributed by atoms with E-state index in [1.165, 1.54) is 17.8 Å². The molecule has 1 atom stereocenters. The van der Waals surface area contributed by atoms with Crippen LogP contribution in [0.5, 0.6) is 0 Å². The number of nitriles is 1. The molecular weight excluding hydrogens is 415 g/mol. The third kappa shape index (κ3) is 3.97. The lowest BCUT2D eigenvalue weighted by atomic mass is 9.98. The molecule has 1 aromatic carbocycles. The molecule has 0 bridgehead atoms. The van der Waals surface area contributed by atoms with Gasteiger partial charge in [0, 0.05) is 35.8 Å². The fourth-order valence-corrected chi connectivity index (χ4v) is 4.53. The van der Waals surface area contributed by atoms with Gasteiger partial charge in [-0.05, 0) is 67.9 Å². The number of hydrogen-bond donors (Lipinski definition) is 1. The minimum absolute atomic E-state index is 0.347. The SMILES string of the molecule is C=C(Nc1cc(C#N)ccn1)c1ccc(-c2cc(C3CCN(C)C3)c3ccncn23)cc1F. The first-order chi connectivity index (χ1) is 16.0. The van der Waals surface area contributed by atoms with Crippen molar-refractivity contribution in [2.75, 3.05) is 25.5 Å². The molecule has 0 saturated carbocycles. The van der Waals surface area contributed by atoms with Crippen molar-refractivity contribution in [2.45, 2.75) is 12.3 Å². The summed E-state index contributed by atoms with van der Waals surface area (Å²) in [6, 6.07) is 14.6. The van der Waals surface area contributed by atoms with E-state index in [4.69, 9.17) is 5.26 Å². The summed E-state index contributed by atoms with van der Waals surface area (Å²) in [6.45, 7) is 6.05. The van der Waals surface area contributed by atoms with E-state index >= 15 is 4.39 Å². The number of likely N-dealkylation sites (N-methyl/N-ethyl adjacent to an activating group) is 1. The van der Waals surface area contributed by atoms with Crippen LogP contribution < -0.4 is 5.32 Å². The van der Waals surface area contributed by atoms with E-state index in [0.29, 0.717) is 28.6 Å². The summed E-state index contributed by atoms with van der Waals surface area (Å²) in [5.74, 6) is 0.505. The van der Waals surface area contributed by atoms with Gasteiger partial charge in [0.25, 0.3) is 0 Å². The van der Waals surface area contributed by atoms with Crippen molar-refractivity contribution in [1.29, 1.82) is 5.26 Å². The maximum Gasteiger partial charge on any atom is 0.133 e. The van der Waals surface area contributed by atoms with Crippen LogP contribution in [0.15, 0.2) is 67.8 Å². The molecule has 0 aliphatic carbocycles. The van der Waals surface area contributed by atoms with Crippen LogP contribution in [0.2, 0.25) is 0 Å². The first-order valence-electron chi connectivity index (χ1n) is 10.8. The molecule has 1 unspecified atom stereocenters. The summed E-state index contributed by atoms with van der Waals surface area (Å²) < 4.78 is 17.2. The highest BCUT2D eigenvalue weighted by Crippen LogP contribution is 2.35. The Balaban J connectivity index is 1.47. The molecule has 1 saturated heterocycles. The van der Waals surface area contributed by atoms with Gasteiger partial charge in [-0.1, -0.05) is 12.6 Å². The molecule has 0 spiro atoms. The molecule has 0 radical (unpaired) electrons. The highest BCUT2D eigenvalue weighted by Gasteiger charge is 2.25. The Hall–Kier alpha value is -4.02. The lowest BCUT2D eigenvalue weighted by molar-refractivity contribution is 0.412. The molecule has 0 amide bonds. The number of anilines is 1. The number of halogens is 1. The predicted octanol–water partition coefficient (Wildman–Crippen LogP) is 4.91. The highest BCUT2D eigenvalue weighted by atomic mass is 19.1. The van der Waals surface area contributed by atoms with Gasteiger partial charge in [-0.2, -0.15) is 5.26 Å². The quantitative estimate of drug-likeness (QED) is 0.480. The summed E-state index contributed by atoms with van der Waals surface area (Å²) >= 11 is 0. The van der Waals surface area contributed by atoms with Gasteiger partial charge in [-0.25, -0.2) is 14.4 Å². The largest absolute Gasteiger partial charge is 0.340 e. The maximum atomic E-state index is 15.2. The van der Waals surface area contributed by atoms with Gasteiger partial charge in [0.15, 0.2) is 0 Å². The third-order valence-electron chi connectivity index (χ3n) is 6.20. The number of fused-ring (bicyclic) bond motifs is 1. The standard InChI is InChI=1S/C26H23FN6/c1-17(31-26-11-18(14-28)5-9-30-26)21-4-3-19(12-23(21)27)25-13-22(20-7-10-32(2)15-20)24-6-8-29-16-33(24)25/h3-6,8-9,11-13,16,20H,1,7,10,15H2,2H3,(H,30,31). The number of nitrogens with one attached hydrogen (secondary N) is 1. The van der Waals surface area contributed by atoms with Crippen LogP contribution in [0.25, 0.3) is 22.5 Å². The van der Waals surface area contributed by atoms with Crippen LogP contribution in [-0.4, -0.2) is 39.4 Å². The van der Waals surface area contributed by atoms with E-state index in [1.807, 2.05) is 16.5 Å². The van der Waals surface area contributed by atoms with Crippen molar-refractivity contribution in [2.24, 2.45) is 0 Å². The zero-order chi connectivity index (χ0) is 22.9. The molecule has 3 aromatic heterocycles. The Morgan fingerprint density at radius 1 is 1.21 bits per heavy atom. The Kier molecular flexibility index (Phi) is 5.37. The van der Waals surface area contributed by atoms with Crippen LogP contribution >= 0.6 is 0 Å². The van der Waals surface area contributed by atoms with Gasteiger partial charge in [-0.15, -0.1) is 0 Å². The fourth-order valence-electron chi connectivity index (χ4n) is 4.53. The van der Waals surface area contributed by atoms with Crippen molar-refractivity contribution in [3.05, 3.63) is 90.3 Å². The molecule has 164 valence electrons. The Morgan fingerprint density at radius 3 is 2.85 bits per heavy atom. The molecule has 5 rings (SSSR count). The molecule has 1 aliphatic rings. The second kappa shape index (κ2) is 8.49. The fraction of sp³-hybridized carbons (Fsp3) is 0.192. The predicted molar refractivity (Wildman–Crippen MR) is 127 cm³/mol. The molecule has 1 aliphatic heterocycles. The monoisotopic (exact) mass is 438 g/mol. The summed E-state index contributed by atoms with van der Waals surface area (Å²) in [5, 5.41) is 12.0. The normalized spacial score (nSPS) is 16.1. The van der Waals surface area contributed by atoms with E-state index in [0.717, 1.165) is 36.3 Å². The molecular formula is C26H23FN6. The second-order valence-electron chi connectivity index (χ2n) is 8.41. The zero-order valence-electron chi connectivity index (χ0n) is 18.3. The number of likely N-dealkylation sites (tertiary alicyclic amines) is 1. The van der Waals surface area contributed by atoms with Gasteiger partial charge >= 0.3 is 0 Å². The Bertz CT molecular complexity index is 1400. The van der Waals surface area contributed by atoms with Crippen LogP contribution in [0, 0.1) is 17.1 Å². The molecule has 4 aromatic rings. The first-order valence-corrected chi connectivity index (χ1v) is 10.8. The van der Waals surface area contributed by atoms with Gasteiger partial charge in [0.2, 0.25) is 0 Å². The van der Waals surface area contributed by atoms with Crippen molar-refractivity contribution in [3.63, 3.8) is 0 Å². The summed E-state index contributed by atoms with van der Waals surface area (Å²) in [6.07, 6.45) is 6.22. The van der Waals surface area contributed by atoms with Gasteiger partial charge in [-0.3, -0.25) is 0 Å². The topological polar surface area (TPSA) is 69.2 Å². The number of hydrogen-bond acceptors (Lipinski definition) is 5. The average molecular weight is 439 g/mol. The smallest absolute Gasteiger partial charge is 0.133 e. The van der Waals surface area contributed by atoms with E-state index in [2.05, 4.69) is 45.9 Å². The zero-order valence-corrected chi connectivity index (χ0v) is 18.3. The number of nitrogens with zero attached hydrogens (tertiary/aromatic N) is 5. The van der Waals surface area contributed by atoms with Gasteiger partial charge in [0.05, 0.1) is 29.2 Å². The number of pyridine rings is 1. The number of aromatic nitrogens is 3. The van der Waals surface area contributed by atoms with Crippen LogP contribution in [-0.2, 0) is 0 Å². The van der Waals surface area contributed by atoms with Crippen molar-refractivity contribution < 1.29 is 4.39 Å². The Morgan fingerprint density at radius 2 is 2.09 bits per heavy atom. The number of benzene rings is 1.